The molecule has 1 unspecified atom stereocenters. The first-order valence-corrected chi connectivity index (χ1v) is 7.50. The molecule has 0 aliphatic rings. The first kappa shape index (κ1) is 15.7. The largest absolute Gasteiger partial charge is 0.383 e. The molecule has 0 amide bonds. The van der Waals surface area contributed by atoms with E-state index in [-0.39, 0.29) is 0 Å². The van der Waals surface area contributed by atoms with Gasteiger partial charge in [0.15, 0.2) is 0 Å². The highest BCUT2D eigenvalue weighted by molar-refractivity contribution is 5.36. The van der Waals surface area contributed by atoms with Crippen molar-refractivity contribution in [1.82, 2.24) is 15.1 Å². The van der Waals surface area contributed by atoms with Gasteiger partial charge in [0.25, 0.3) is 0 Å². The van der Waals surface area contributed by atoms with E-state index in [1.807, 2.05) is 22.9 Å². The number of nitrogens with zero attached hydrogens (tertiary/aromatic N) is 2. The average molecular weight is 287 g/mol. The number of benzene rings is 1. The molecule has 1 aromatic heterocycles. The summed E-state index contributed by atoms with van der Waals surface area (Å²) in [5, 5.41) is 8.23. The molecule has 1 N–H and O–H groups in total. The van der Waals surface area contributed by atoms with Gasteiger partial charge >= 0.3 is 0 Å². The second-order valence-corrected chi connectivity index (χ2v) is 5.34. The third-order valence-electron chi connectivity index (χ3n) is 3.87. The predicted octanol–water partition coefficient (Wildman–Crippen LogP) is 3.00. The summed E-state index contributed by atoms with van der Waals surface area (Å²) in [6, 6.07) is 10.6. The van der Waals surface area contributed by atoms with E-state index in [9.17, 15) is 0 Å². The highest BCUT2D eigenvalue weighted by Gasteiger charge is 2.14. The first-order chi connectivity index (χ1) is 10.2. The van der Waals surface area contributed by atoms with Gasteiger partial charge in [-0.2, -0.15) is 5.10 Å². The Morgan fingerprint density at radius 3 is 2.57 bits per heavy atom. The van der Waals surface area contributed by atoms with Gasteiger partial charge in [0.1, 0.15) is 0 Å². The molecule has 0 aliphatic carbocycles. The van der Waals surface area contributed by atoms with Crippen LogP contribution in [0.4, 0.5) is 0 Å². The Morgan fingerprint density at radius 1 is 1.24 bits per heavy atom. The summed E-state index contributed by atoms with van der Waals surface area (Å²) in [6.45, 7) is 7.93. The van der Waals surface area contributed by atoms with E-state index >= 15 is 0 Å². The second kappa shape index (κ2) is 7.38. The maximum absolute atomic E-state index is 5.23. The molecule has 1 atom stereocenters. The van der Waals surface area contributed by atoms with E-state index in [2.05, 4.69) is 43.3 Å². The molecule has 0 saturated carbocycles. The minimum Gasteiger partial charge on any atom is -0.383 e. The molecular formula is C17H25N3O. The van der Waals surface area contributed by atoms with Crippen molar-refractivity contribution in [3.05, 3.63) is 47.3 Å². The van der Waals surface area contributed by atoms with Crippen molar-refractivity contribution in [1.29, 1.82) is 0 Å². The highest BCUT2D eigenvalue weighted by atomic mass is 16.5. The highest BCUT2D eigenvalue weighted by Crippen LogP contribution is 2.17. The maximum Gasteiger partial charge on any atom is 0.0648 e. The lowest BCUT2D eigenvalue weighted by Crippen LogP contribution is -2.32. The summed E-state index contributed by atoms with van der Waals surface area (Å²) in [7, 11) is 1.74. The summed E-state index contributed by atoms with van der Waals surface area (Å²) < 4.78 is 7.25. The Labute approximate surface area is 127 Å². The van der Waals surface area contributed by atoms with Crippen LogP contribution in [0.15, 0.2) is 30.3 Å². The van der Waals surface area contributed by atoms with Crippen LogP contribution in [0.5, 0.6) is 0 Å². The van der Waals surface area contributed by atoms with Gasteiger partial charge in [0, 0.05) is 31.0 Å². The third-order valence-corrected chi connectivity index (χ3v) is 3.87. The number of para-hydroxylation sites is 1. The molecule has 0 radical (unpaired) electrons. The lowest BCUT2D eigenvalue weighted by Gasteiger charge is -2.16. The van der Waals surface area contributed by atoms with E-state index < -0.39 is 0 Å². The summed E-state index contributed by atoms with van der Waals surface area (Å²) in [4.78, 5) is 0. The molecule has 1 heterocycles. The van der Waals surface area contributed by atoms with E-state index in [0.717, 1.165) is 31.0 Å². The van der Waals surface area contributed by atoms with E-state index in [1.54, 1.807) is 7.11 Å². The molecule has 2 rings (SSSR count). The zero-order chi connectivity index (χ0) is 15.2. The van der Waals surface area contributed by atoms with E-state index in [1.165, 1.54) is 11.3 Å². The van der Waals surface area contributed by atoms with Gasteiger partial charge in [-0.05, 0) is 32.4 Å². The molecule has 0 bridgehead atoms. The van der Waals surface area contributed by atoms with Crippen LogP contribution >= 0.6 is 0 Å². The molecule has 2 aromatic rings. The van der Waals surface area contributed by atoms with Crippen LogP contribution in [-0.4, -0.2) is 29.5 Å². The zero-order valence-corrected chi connectivity index (χ0v) is 13.4. The van der Waals surface area contributed by atoms with Gasteiger partial charge in [-0.25, -0.2) is 4.68 Å². The second-order valence-electron chi connectivity index (χ2n) is 5.34. The number of methoxy groups -OCH3 is 1. The average Bonchev–Trinajstić information content (AvgIpc) is 2.79. The third kappa shape index (κ3) is 3.71. The predicted molar refractivity (Wildman–Crippen MR) is 85.8 cm³/mol. The van der Waals surface area contributed by atoms with Crippen molar-refractivity contribution in [2.75, 3.05) is 13.7 Å². The monoisotopic (exact) mass is 287 g/mol. The Bertz CT molecular complexity index is 563. The van der Waals surface area contributed by atoms with Crippen molar-refractivity contribution < 1.29 is 4.74 Å². The van der Waals surface area contributed by atoms with Crippen LogP contribution in [0.25, 0.3) is 5.69 Å². The fraction of sp³-hybridized carbons (Fsp3) is 0.471. The molecule has 0 aliphatic heterocycles. The lowest BCUT2D eigenvalue weighted by molar-refractivity contribution is 0.163. The van der Waals surface area contributed by atoms with Gasteiger partial charge < -0.3 is 10.1 Å². The molecule has 0 spiro atoms. The van der Waals surface area contributed by atoms with Crippen LogP contribution in [0, 0.1) is 13.8 Å². The molecule has 1 aromatic carbocycles. The summed E-state index contributed by atoms with van der Waals surface area (Å²) in [5.74, 6) is 0. The number of nitrogens with one attached hydrogen (secondary N) is 1. The van der Waals surface area contributed by atoms with Crippen molar-refractivity contribution >= 4 is 0 Å². The fourth-order valence-electron chi connectivity index (χ4n) is 2.52. The normalized spacial score (nSPS) is 12.6. The lowest BCUT2D eigenvalue weighted by atomic mass is 10.1. The van der Waals surface area contributed by atoms with Gasteiger partial charge in [-0.1, -0.05) is 25.1 Å². The molecule has 4 heteroatoms. The summed E-state index contributed by atoms with van der Waals surface area (Å²) in [5.41, 5.74) is 4.65. The molecule has 0 fully saturated rings. The van der Waals surface area contributed by atoms with Crippen LogP contribution in [0.2, 0.25) is 0 Å². The minimum atomic E-state index is 0.383. The van der Waals surface area contributed by atoms with Crippen LogP contribution < -0.4 is 5.32 Å². The molecule has 4 nitrogen and oxygen atoms in total. The maximum atomic E-state index is 5.23. The number of ether oxygens (including phenoxy) is 1. The van der Waals surface area contributed by atoms with Gasteiger partial charge in [0.2, 0.25) is 0 Å². The number of aryl methyl sites for hydroxylation is 1. The van der Waals surface area contributed by atoms with Crippen LogP contribution in [0.1, 0.15) is 30.3 Å². The minimum absolute atomic E-state index is 0.383. The van der Waals surface area contributed by atoms with Crippen molar-refractivity contribution in [2.45, 2.75) is 39.8 Å². The topological polar surface area (TPSA) is 39.1 Å². The summed E-state index contributed by atoms with van der Waals surface area (Å²) >= 11 is 0. The Balaban J connectivity index is 2.16. The molecular weight excluding hydrogens is 262 g/mol. The van der Waals surface area contributed by atoms with Crippen molar-refractivity contribution in [3.8, 4) is 5.69 Å². The SMILES string of the molecule is CCC(COC)NCc1c(C)nn(-c2ccccc2)c1C. The van der Waals surface area contributed by atoms with Crippen LogP contribution in [0.3, 0.4) is 0 Å². The number of hydrogen-bond acceptors (Lipinski definition) is 3. The molecule has 114 valence electrons. The first-order valence-electron chi connectivity index (χ1n) is 7.50. The van der Waals surface area contributed by atoms with Crippen molar-refractivity contribution in [2.24, 2.45) is 0 Å². The Hall–Kier alpha value is -1.65. The Kier molecular flexibility index (Phi) is 5.53. The van der Waals surface area contributed by atoms with Crippen molar-refractivity contribution in [3.63, 3.8) is 0 Å². The van der Waals surface area contributed by atoms with E-state index in [4.69, 9.17) is 4.74 Å². The zero-order valence-electron chi connectivity index (χ0n) is 13.4. The smallest absolute Gasteiger partial charge is 0.0648 e. The number of hydrogen-bond donors (Lipinski definition) is 1. The summed E-state index contributed by atoms with van der Waals surface area (Å²) in [6.07, 6.45) is 1.05. The number of aromatic nitrogens is 2. The van der Waals surface area contributed by atoms with Crippen LogP contribution in [-0.2, 0) is 11.3 Å². The standard InChI is InChI=1S/C17H25N3O/c1-5-15(12-21-4)18-11-17-13(2)19-20(14(17)3)16-9-7-6-8-10-16/h6-10,15,18H,5,11-12H2,1-4H3. The molecule has 0 saturated heterocycles. The van der Waals surface area contributed by atoms with Gasteiger partial charge in [-0.3, -0.25) is 0 Å². The van der Waals surface area contributed by atoms with Gasteiger partial charge in [-0.15, -0.1) is 0 Å². The fourth-order valence-corrected chi connectivity index (χ4v) is 2.52. The number of rotatable bonds is 7. The Morgan fingerprint density at radius 2 is 1.95 bits per heavy atom. The molecule has 21 heavy (non-hydrogen) atoms. The van der Waals surface area contributed by atoms with Gasteiger partial charge in [0.05, 0.1) is 18.0 Å². The van der Waals surface area contributed by atoms with E-state index in [0.29, 0.717) is 6.04 Å². The quantitative estimate of drug-likeness (QED) is 0.851.